The van der Waals surface area contributed by atoms with Gasteiger partial charge in [0.05, 0.1) is 5.69 Å². The van der Waals surface area contributed by atoms with Crippen molar-refractivity contribution in [1.82, 2.24) is 20.4 Å². The molecule has 0 spiro atoms. The highest BCUT2D eigenvalue weighted by Gasteiger charge is 2.29. The fourth-order valence-corrected chi connectivity index (χ4v) is 2.68. The SMILES string of the molecule is Cc1ccc(-c2cc(C(=O)N3CCCNC(=O)[C@@H]3C)[nH]n2)cc1. The lowest BCUT2D eigenvalue weighted by Crippen LogP contribution is -2.45. The Hall–Kier alpha value is -2.63. The zero-order valence-corrected chi connectivity index (χ0v) is 13.3. The Balaban J connectivity index is 1.83. The van der Waals surface area contributed by atoms with Crippen molar-refractivity contribution < 1.29 is 9.59 Å². The lowest BCUT2D eigenvalue weighted by molar-refractivity contribution is -0.124. The summed E-state index contributed by atoms with van der Waals surface area (Å²) in [7, 11) is 0. The van der Waals surface area contributed by atoms with E-state index in [1.54, 1.807) is 17.9 Å². The van der Waals surface area contributed by atoms with Gasteiger partial charge in [0.15, 0.2) is 0 Å². The summed E-state index contributed by atoms with van der Waals surface area (Å²) < 4.78 is 0. The van der Waals surface area contributed by atoms with Crippen LogP contribution in [-0.2, 0) is 4.79 Å². The summed E-state index contributed by atoms with van der Waals surface area (Å²) in [5, 5.41) is 9.83. The van der Waals surface area contributed by atoms with E-state index in [4.69, 9.17) is 0 Å². The minimum atomic E-state index is -0.476. The molecular weight excluding hydrogens is 292 g/mol. The van der Waals surface area contributed by atoms with Gasteiger partial charge in [-0.25, -0.2) is 0 Å². The molecule has 1 aromatic heterocycles. The van der Waals surface area contributed by atoms with Crippen molar-refractivity contribution in [2.24, 2.45) is 0 Å². The maximum atomic E-state index is 12.7. The third-order valence-corrected chi connectivity index (χ3v) is 4.14. The van der Waals surface area contributed by atoms with E-state index in [2.05, 4.69) is 15.5 Å². The highest BCUT2D eigenvalue weighted by molar-refractivity contribution is 5.97. The standard InChI is InChI=1S/C17H20N4O2/c1-11-4-6-13(7-5-11)14-10-15(20-19-14)17(23)21-9-3-8-18-16(22)12(21)2/h4-7,10,12H,3,8-9H2,1-2H3,(H,18,22)(H,19,20)/t12-/m0/s1. The molecule has 0 saturated carbocycles. The Morgan fingerprint density at radius 1 is 1.30 bits per heavy atom. The van der Waals surface area contributed by atoms with Gasteiger partial charge in [-0.15, -0.1) is 0 Å². The Morgan fingerprint density at radius 3 is 2.78 bits per heavy atom. The molecule has 1 saturated heterocycles. The van der Waals surface area contributed by atoms with Crippen LogP contribution in [0.2, 0.25) is 0 Å². The fraction of sp³-hybridized carbons (Fsp3) is 0.353. The van der Waals surface area contributed by atoms with E-state index in [0.717, 1.165) is 17.7 Å². The van der Waals surface area contributed by atoms with E-state index < -0.39 is 6.04 Å². The second-order valence-corrected chi connectivity index (χ2v) is 5.85. The number of carbonyl (C=O) groups is 2. The van der Waals surface area contributed by atoms with E-state index in [0.29, 0.717) is 18.8 Å². The first-order valence-corrected chi connectivity index (χ1v) is 7.77. The topological polar surface area (TPSA) is 78.1 Å². The normalized spacial score (nSPS) is 18.4. The number of nitrogens with one attached hydrogen (secondary N) is 2. The number of benzene rings is 1. The van der Waals surface area contributed by atoms with Gasteiger partial charge >= 0.3 is 0 Å². The molecule has 2 aromatic rings. The number of aromatic amines is 1. The van der Waals surface area contributed by atoms with Crippen molar-refractivity contribution in [1.29, 1.82) is 0 Å². The van der Waals surface area contributed by atoms with E-state index in [9.17, 15) is 9.59 Å². The molecular formula is C17H20N4O2. The average Bonchev–Trinajstić information content (AvgIpc) is 2.98. The molecule has 2 amide bonds. The van der Waals surface area contributed by atoms with Gasteiger partial charge in [0.25, 0.3) is 5.91 Å². The monoisotopic (exact) mass is 312 g/mol. The molecule has 3 rings (SSSR count). The summed E-state index contributed by atoms with van der Waals surface area (Å²) in [5.41, 5.74) is 3.25. The second kappa shape index (κ2) is 6.24. The summed E-state index contributed by atoms with van der Waals surface area (Å²) in [6.07, 6.45) is 0.751. The number of H-pyrrole nitrogens is 1. The molecule has 1 fully saturated rings. The van der Waals surface area contributed by atoms with Gasteiger partial charge in [0, 0.05) is 18.7 Å². The van der Waals surface area contributed by atoms with E-state index in [1.165, 1.54) is 5.56 Å². The fourth-order valence-electron chi connectivity index (χ4n) is 2.68. The molecule has 1 aromatic carbocycles. The van der Waals surface area contributed by atoms with Crippen LogP contribution in [0, 0.1) is 6.92 Å². The Bertz CT molecular complexity index is 720. The van der Waals surface area contributed by atoms with Crippen molar-refractivity contribution in [2.75, 3.05) is 13.1 Å². The number of nitrogens with zero attached hydrogens (tertiary/aromatic N) is 2. The minimum absolute atomic E-state index is 0.117. The molecule has 1 aliphatic heterocycles. The number of aryl methyl sites for hydroxylation is 1. The van der Waals surface area contributed by atoms with E-state index in [-0.39, 0.29) is 11.8 Å². The predicted octanol–water partition coefficient (Wildman–Crippen LogP) is 1.74. The maximum absolute atomic E-state index is 12.7. The highest BCUT2D eigenvalue weighted by atomic mass is 16.2. The van der Waals surface area contributed by atoms with Crippen molar-refractivity contribution in [3.05, 3.63) is 41.6 Å². The van der Waals surface area contributed by atoms with Crippen LogP contribution in [0.3, 0.4) is 0 Å². The first-order valence-electron chi connectivity index (χ1n) is 7.77. The van der Waals surface area contributed by atoms with Crippen LogP contribution < -0.4 is 5.32 Å². The van der Waals surface area contributed by atoms with Crippen LogP contribution in [0.5, 0.6) is 0 Å². The minimum Gasteiger partial charge on any atom is -0.354 e. The van der Waals surface area contributed by atoms with Crippen LogP contribution in [0.25, 0.3) is 11.3 Å². The summed E-state index contributed by atoms with van der Waals surface area (Å²) in [5.74, 6) is -0.311. The number of amides is 2. The zero-order chi connectivity index (χ0) is 16.4. The van der Waals surface area contributed by atoms with Gasteiger partial charge in [-0.3, -0.25) is 14.7 Å². The van der Waals surface area contributed by atoms with Crippen molar-refractivity contribution in [3.8, 4) is 11.3 Å². The molecule has 120 valence electrons. The van der Waals surface area contributed by atoms with Gasteiger partial charge in [-0.2, -0.15) is 5.10 Å². The summed E-state index contributed by atoms with van der Waals surface area (Å²) in [4.78, 5) is 26.2. The lowest BCUT2D eigenvalue weighted by atomic mass is 10.1. The molecule has 1 aliphatic rings. The third-order valence-electron chi connectivity index (χ3n) is 4.14. The van der Waals surface area contributed by atoms with Gasteiger partial charge in [0.1, 0.15) is 11.7 Å². The number of rotatable bonds is 2. The molecule has 0 aliphatic carbocycles. The van der Waals surface area contributed by atoms with Gasteiger partial charge < -0.3 is 10.2 Å². The Morgan fingerprint density at radius 2 is 2.04 bits per heavy atom. The second-order valence-electron chi connectivity index (χ2n) is 5.85. The number of hydrogen-bond acceptors (Lipinski definition) is 3. The summed E-state index contributed by atoms with van der Waals surface area (Å²) in [6, 6.07) is 9.22. The molecule has 0 unspecified atom stereocenters. The molecule has 6 heteroatoms. The van der Waals surface area contributed by atoms with Gasteiger partial charge in [-0.1, -0.05) is 29.8 Å². The molecule has 0 bridgehead atoms. The molecule has 23 heavy (non-hydrogen) atoms. The largest absolute Gasteiger partial charge is 0.354 e. The van der Waals surface area contributed by atoms with Crippen LogP contribution in [0.15, 0.2) is 30.3 Å². The molecule has 2 heterocycles. The summed E-state index contributed by atoms with van der Waals surface area (Å²) in [6.45, 7) is 4.92. The number of aromatic nitrogens is 2. The maximum Gasteiger partial charge on any atom is 0.272 e. The third kappa shape index (κ3) is 3.11. The smallest absolute Gasteiger partial charge is 0.272 e. The highest BCUT2D eigenvalue weighted by Crippen LogP contribution is 2.19. The van der Waals surface area contributed by atoms with Crippen molar-refractivity contribution >= 4 is 11.8 Å². The number of hydrogen-bond donors (Lipinski definition) is 2. The average molecular weight is 312 g/mol. The number of carbonyl (C=O) groups excluding carboxylic acids is 2. The van der Waals surface area contributed by atoms with Crippen molar-refractivity contribution in [3.63, 3.8) is 0 Å². The Kier molecular flexibility index (Phi) is 4.14. The van der Waals surface area contributed by atoms with E-state index in [1.807, 2.05) is 31.2 Å². The predicted molar refractivity (Wildman–Crippen MR) is 86.9 cm³/mol. The van der Waals surface area contributed by atoms with Crippen molar-refractivity contribution in [2.45, 2.75) is 26.3 Å². The zero-order valence-electron chi connectivity index (χ0n) is 13.3. The molecule has 1 atom stereocenters. The van der Waals surface area contributed by atoms with Crippen LogP contribution in [-0.4, -0.2) is 46.0 Å². The Labute approximate surface area is 134 Å². The molecule has 2 N–H and O–H groups in total. The first kappa shape index (κ1) is 15.3. The molecule has 0 radical (unpaired) electrons. The summed E-state index contributed by atoms with van der Waals surface area (Å²) >= 11 is 0. The van der Waals surface area contributed by atoms with Gasteiger partial charge in [0.2, 0.25) is 5.91 Å². The van der Waals surface area contributed by atoms with E-state index >= 15 is 0 Å². The van der Waals surface area contributed by atoms with Crippen LogP contribution >= 0.6 is 0 Å². The van der Waals surface area contributed by atoms with Crippen LogP contribution in [0.4, 0.5) is 0 Å². The van der Waals surface area contributed by atoms with Gasteiger partial charge in [-0.05, 0) is 26.3 Å². The lowest BCUT2D eigenvalue weighted by Gasteiger charge is -2.24. The molecule has 6 nitrogen and oxygen atoms in total. The quantitative estimate of drug-likeness (QED) is 0.886. The first-order chi connectivity index (χ1) is 11.1. The van der Waals surface area contributed by atoms with Crippen LogP contribution in [0.1, 0.15) is 29.4 Å².